The Bertz CT molecular complexity index is 246. The molecule has 0 aliphatic heterocycles. The Balaban J connectivity index is 2.95. The van der Waals surface area contributed by atoms with Crippen molar-refractivity contribution in [3.8, 4) is 0 Å². The average Bonchev–Trinajstić information content (AvgIpc) is 2.50. The molecule has 0 aliphatic carbocycles. The molecular weight excluding hydrogens is 362 g/mol. The van der Waals surface area contributed by atoms with E-state index in [1.807, 2.05) is 0 Å². The Hall–Kier alpha value is -0.450. The molecule has 0 aromatic rings. The number of hydrogen-bond acceptors (Lipinski definition) is 6. The van der Waals surface area contributed by atoms with Crippen molar-refractivity contribution in [2.45, 2.75) is 0 Å². The van der Waals surface area contributed by atoms with Gasteiger partial charge >= 0.3 is 6.09 Å². The number of hydrogen-bond donors (Lipinski definition) is 2. The smallest absolute Gasteiger partial charge is 0.404 e. The summed E-state index contributed by atoms with van der Waals surface area (Å²) in [6, 6.07) is 0. The van der Waals surface area contributed by atoms with Crippen LogP contribution in [0, 0.1) is 0 Å². The fourth-order valence-corrected chi connectivity index (χ4v) is 1.50. The van der Waals surface area contributed by atoms with Gasteiger partial charge in [-0.25, -0.2) is 4.79 Å². The first-order valence-corrected chi connectivity index (χ1v) is 8.31. The Morgan fingerprint density at radius 2 is 1.09 bits per heavy atom. The third-order valence-electron chi connectivity index (χ3n) is 2.23. The summed E-state index contributed by atoms with van der Waals surface area (Å²) in [5.74, 6) is 0. The zero-order valence-corrected chi connectivity index (χ0v) is 14.3. The van der Waals surface area contributed by atoms with Crippen molar-refractivity contribution < 1.29 is 33.6 Å². The maximum Gasteiger partial charge on any atom is 0.404 e. The van der Waals surface area contributed by atoms with E-state index in [1.165, 1.54) is 0 Å². The van der Waals surface area contributed by atoms with Gasteiger partial charge in [-0.1, -0.05) is 15.9 Å². The molecule has 22 heavy (non-hydrogen) atoms. The summed E-state index contributed by atoms with van der Waals surface area (Å²) in [7, 11) is 0. The van der Waals surface area contributed by atoms with Crippen LogP contribution in [0.15, 0.2) is 0 Å². The van der Waals surface area contributed by atoms with Gasteiger partial charge in [-0.3, -0.25) is 0 Å². The lowest BCUT2D eigenvalue weighted by molar-refractivity contribution is -0.00972. The number of rotatable bonds is 17. The molecule has 0 aromatic carbocycles. The van der Waals surface area contributed by atoms with Crippen molar-refractivity contribution in [3.63, 3.8) is 0 Å². The molecule has 0 aliphatic rings. The number of nitrogens with one attached hydrogen (secondary N) is 1. The van der Waals surface area contributed by atoms with Gasteiger partial charge in [-0.2, -0.15) is 0 Å². The molecule has 9 heteroatoms. The van der Waals surface area contributed by atoms with E-state index in [0.717, 1.165) is 5.33 Å². The van der Waals surface area contributed by atoms with E-state index in [-0.39, 0.29) is 6.54 Å². The van der Waals surface area contributed by atoms with E-state index < -0.39 is 6.09 Å². The Morgan fingerprint density at radius 3 is 1.45 bits per heavy atom. The first-order chi connectivity index (χ1) is 10.8. The molecule has 0 atom stereocenters. The SMILES string of the molecule is O=C(O)NCCOCCOCCOCCOCCOCCBr. The molecule has 0 fully saturated rings. The van der Waals surface area contributed by atoms with Crippen LogP contribution in [-0.2, 0) is 23.7 Å². The molecule has 132 valence electrons. The molecule has 1 amide bonds. The first-order valence-electron chi connectivity index (χ1n) is 7.19. The highest BCUT2D eigenvalue weighted by atomic mass is 79.9. The van der Waals surface area contributed by atoms with Gasteiger partial charge in [0, 0.05) is 11.9 Å². The van der Waals surface area contributed by atoms with Crippen LogP contribution in [0.25, 0.3) is 0 Å². The summed E-state index contributed by atoms with van der Waals surface area (Å²) >= 11 is 3.27. The van der Waals surface area contributed by atoms with E-state index in [4.69, 9.17) is 28.8 Å². The maximum atomic E-state index is 10.1. The van der Waals surface area contributed by atoms with E-state index in [9.17, 15) is 4.79 Å². The van der Waals surface area contributed by atoms with Crippen LogP contribution < -0.4 is 5.32 Å². The van der Waals surface area contributed by atoms with Crippen LogP contribution in [0.2, 0.25) is 0 Å². The third-order valence-corrected chi connectivity index (χ3v) is 2.56. The van der Waals surface area contributed by atoms with Gasteiger partial charge in [-0.05, 0) is 0 Å². The minimum atomic E-state index is -1.05. The quantitative estimate of drug-likeness (QED) is 0.280. The van der Waals surface area contributed by atoms with Gasteiger partial charge in [-0.15, -0.1) is 0 Å². The number of carboxylic acid groups (broad SMARTS) is 1. The van der Waals surface area contributed by atoms with E-state index in [1.54, 1.807) is 0 Å². The van der Waals surface area contributed by atoms with Crippen molar-refractivity contribution >= 4 is 22.0 Å². The molecule has 0 heterocycles. The van der Waals surface area contributed by atoms with Gasteiger partial charge in [0.05, 0.1) is 66.1 Å². The standard InChI is InChI=1S/C13H26BrNO7/c14-1-3-18-5-7-20-9-11-22-12-10-21-8-6-19-4-2-15-13(16)17/h15H,1-12H2,(H,16,17). The van der Waals surface area contributed by atoms with Crippen molar-refractivity contribution in [2.24, 2.45) is 0 Å². The Morgan fingerprint density at radius 1 is 0.727 bits per heavy atom. The monoisotopic (exact) mass is 387 g/mol. The van der Waals surface area contributed by atoms with Crippen LogP contribution in [0.4, 0.5) is 4.79 Å². The van der Waals surface area contributed by atoms with Crippen molar-refractivity contribution in [1.29, 1.82) is 0 Å². The van der Waals surface area contributed by atoms with E-state index >= 15 is 0 Å². The summed E-state index contributed by atoms with van der Waals surface area (Å²) < 4.78 is 26.3. The Labute approximate surface area is 139 Å². The minimum absolute atomic E-state index is 0.277. The van der Waals surface area contributed by atoms with Crippen LogP contribution in [0.1, 0.15) is 0 Å². The second kappa shape index (κ2) is 18.6. The first kappa shape index (κ1) is 21.6. The van der Waals surface area contributed by atoms with Crippen LogP contribution in [-0.4, -0.2) is 89.1 Å². The highest BCUT2D eigenvalue weighted by molar-refractivity contribution is 9.09. The molecule has 0 spiro atoms. The zero-order valence-electron chi connectivity index (χ0n) is 12.8. The molecule has 8 nitrogen and oxygen atoms in total. The fourth-order valence-electron chi connectivity index (χ4n) is 1.27. The second-order valence-electron chi connectivity index (χ2n) is 3.98. The van der Waals surface area contributed by atoms with Gasteiger partial charge < -0.3 is 34.1 Å². The molecule has 2 N–H and O–H groups in total. The maximum absolute atomic E-state index is 10.1. The molecule has 0 saturated carbocycles. The van der Waals surface area contributed by atoms with Crippen molar-refractivity contribution in [3.05, 3.63) is 0 Å². The molecule has 0 radical (unpaired) electrons. The summed E-state index contributed by atoms with van der Waals surface area (Å²) in [5, 5.41) is 11.4. The van der Waals surface area contributed by atoms with Gasteiger partial charge in [0.15, 0.2) is 0 Å². The largest absolute Gasteiger partial charge is 0.465 e. The van der Waals surface area contributed by atoms with Gasteiger partial charge in [0.1, 0.15) is 0 Å². The number of alkyl halides is 1. The molecule has 0 aromatic heterocycles. The summed E-state index contributed by atoms with van der Waals surface area (Å²) in [5.41, 5.74) is 0. The highest BCUT2D eigenvalue weighted by Gasteiger charge is 1.94. The van der Waals surface area contributed by atoms with E-state index in [0.29, 0.717) is 66.1 Å². The molecule has 0 unspecified atom stereocenters. The van der Waals surface area contributed by atoms with Crippen molar-refractivity contribution in [2.75, 3.05) is 77.9 Å². The van der Waals surface area contributed by atoms with E-state index in [2.05, 4.69) is 21.2 Å². The predicted molar refractivity (Wildman–Crippen MR) is 83.9 cm³/mol. The summed E-state index contributed by atoms with van der Waals surface area (Å²) in [4.78, 5) is 10.1. The lowest BCUT2D eigenvalue weighted by Gasteiger charge is -2.07. The van der Waals surface area contributed by atoms with Crippen molar-refractivity contribution in [1.82, 2.24) is 5.32 Å². The second-order valence-corrected chi connectivity index (χ2v) is 4.78. The molecule has 0 saturated heterocycles. The number of carbonyl (C=O) groups is 1. The Kier molecular flexibility index (Phi) is 18.2. The normalized spacial score (nSPS) is 10.8. The minimum Gasteiger partial charge on any atom is -0.465 e. The van der Waals surface area contributed by atoms with Crippen LogP contribution >= 0.6 is 15.9 Å². The summed E-state index contributed by atoms with van der Waals surface area (Å²) in [6.07, 6.45) is -1.05. The van der Waals surface area contributed by atoms with Crippen LogP contribution in [0.3, 0.4) is 0 Å². The lowest BCUT2D eigenvalue weighted by atomic mass is 10.6. The zero-order chi connectivity index (χ0) is 16.3. The average molecular weight is 388 g/mol. The third kappa shape index (κ3) is 19.6. The fraction of sp³-hybridized carbons (Fsp3) is 0.923. The number of halogens is 1. The van der Waals surface area contributed by atoms with Gasteiger partial charge in [0.25, 0.3) is 0 Å². The molecular formula is C13H26BrNO7. The summed E-state index contributed by atoms with van der Waals surface area (Å²) in [6.45, 7) is 5.42. The predicted octanol–water partition coefficient (Wildman–Crippen LogP) is 0.732. The molecule has 0 rings (SSSR count). The lowest BCUT2D eigenvalue weighted by Crippen LogP contribution is -2.25. The molecule has 0 bridgehead atoms. The van der Waals surface area contributed by atoms with Gasteiger partial charge in [0.2, 0.25) is 0 Å². The highest BCUT2D eigenvalue weighted by Crippen LogP contribution is 1.85. The van der Waals surface area contributed by atoms with Crippen LogP contribution in [0.5, 0.6) is 0 Å². The topological polar surface area (TPSA) is 95.5 Å². The number of amides is 1. The number of ether oxygens (including phenoxy) is 5.